The Morgan fingerprint density at radius 1 is 1.12 bits per heavy atom. The number of pyridine rings is 1. The number of nitro benzene ring substituents is 1. The highest BCUT2D eigenvalue weighted by molar-refractivity contribution is 7.80. The van der Waals surface area contributed by atoms with E-state index in [4.69, 9.17) is 33.0 Å². The second kappa shape index (κ2) is 11.6. The number of benzene rings is 2. The highest BCUT2D eigenvalue weighted by Crippen LogP contribution is 2.45. The number of thiocarbonyl (C=S) groups is 1. The van der Waals surface area contributed by atoms with E-state index in [2.05, 4.69) is 28.2 Å². The van der Waals surface area contributed by atoms with Gasteiger partial charge in [-0.2, -0.15) is 0 Å². The van der Waals surface area contributed by atoms with E-state index >= 15 is 0 Å². The monoisotopic (exact) mass is 603 g/mol. The molecule has 2 aliphatic heterocycles. The first-order valence-electron chi connectivity index (χ1n) is 13.8. The highest BCUT2D eigenvalue weighted by Gasteiger charge is 2.43. The van der Waals surface area contributed by atoms with Gasteiger partial charge in [0.15, 0.2) is 5.11 Å². The molecule has 0 saturated carbocycles. The van der Waals surface area contributed by atoms with E-state index in [1.807, 2.05) is 47.4 Å². The Hall–Kier alpha value is -4.15. The number of ether oxygens (including phenoxy) is 1. The van der Waals surface area contributed by atoms with Crippen LogP contribution < -0.4 is 19.9 Å². The van der Waals surface area contributed by atoms with Crippen molar-refractivity contribution in [3.63, 3.8) is 0 Å². The Morgan fingerprint density at radius 2 is 1.93 bits per heavy atom. The van der Waals surface area contributed by atoms with Gasteiger partial charge in [-0.3, -0.25) is 15.1 Å². The zero-order valence-corrected chi connectivity index (χ0v) is 24.8. The lowest BCUT2D eigenvalue weighted by Gasteiger charge is -2.33. The fraction of sp³-hybridized carbons (Fsp3) is 0.290. The Kier molecular flexibility index (Phi) is 7.74. The van der Waals surface area contributed by atoms with E-state index in [9.17, 15) is 10.1 Å². The number of anilines is 2. The molecule has 2 saturated heterocycles. The minimum absolute atomic E-state index is 0.0616. The molecular weight excluding hydrogens is 574 g/mol. The number of rotatable bonds is 7. The number of nitrogens with zero attached hydrogens (tertiary/aromatic N) is 4. The van der Waals surface area contributed by atoms with E-state index in [1.165, 1.54) is 19.2 Å². The van der Waals surface area contributed by atoms with Crippen LogP contribution in [0.25, 0.3) is 11.3 Å². The molecule has 11 heteroatoms. The van der Waals surface area contributed by atoms with E-state index in [0.29, 0.717) is 33.0 Å². The van der Waals surface area contributed by atoms with Gasteiger partial charge in [0.25, 0.3) is 5.69 Å². The number of furan rings is 1. The van der Waals surface area contributed by atoms with Crippen molar-refractivity contribution in [3.8, 4) is 17.1 Å². The maximum atomic E-state index is 11.3. The van der Waals surface area contributed by atoms with Gasteiger partial charge in [-0.15, -0.1) is 0 Å². The average Bonchev–Trinajstić information content (AvgIpc) is 3.62. The van der Waals surface area contributed by atoms with Crippen molar-refractivity contribution in [2.24, 2.45) is 5.92 Å². The van der Waals surface area contributed by atoms with Crippen molar-refractivity contribution in [2.75, 3.05) is 30.0 Å². The van der Waals surface area contributed by atoms with Crippen molar-refractivity contribution in [2.45, 2.75) is 31.8 Å². The quantitative estimate of drug-likeness (QED) is 0.132. The molecule has 4 aromatic rings. The third kappa shape index (κ3) is 5.28. The van der Waals surface area contributed by atoms with Crippen molar-refractivity contribution in [1.82, 2.24) is 10.3 Å². The Bertz CT molecular complexity index is 1620. The molecule has 1 N–H and O–H groups in total. The molecule has 9 nitrogen and oxygen atoms in total. The summed E-state index contributed by atoms with van der Waals surface area (Å²) in [5, 5.41) is 15.9. The summed E-state index contributed by atoms with van der Waals surface area (Å²) in [5.74, 6) is 2.22. The van der Waals surface area contributed by atoms with E-state index in [0.717, 1.165) is 48.9 Å². The van der Waals surface area contributed by atoms with Crippen LogP contribution in [0.5, 0.6) is 5.75 Å². The van der Waals surface area contributed by atoms with Crippen LogP contribution in [-0.4, -0.2) is 35.2 Å². The first-order valence-corrected chi connectivity index (χ1v) is 14.6. The molecule has 2 aromatic carbocycles. The zero-order chi connectivity index (χ0) is 29.4. The van der Waals surface area contributed by atoms with Crippen LogP contribution in [0.15, 0.2) is 77.3 Å². The maximum absolute atomic E-state index is 11.3. The van der Waals surface area contributed by atoms with Crippen LogP contribution in [0.3, 0.4) is 0 Å². The molecule has 0 radical (unpaired) electrons. The Morgan fingerprint density at radius 3 is 2.62 bits per heavy atom. The van der Waals surface area contributed by atoms with E-state index < -0.39 is 4.92 Å². The molecule has 0 aliphatic carbocycles. The molecule has 0 unspecified atom stereocenters. The summed E-state index contributed by atoms with van der Waals surface area (Å²) in [6, 6.07) is 19.3. The number of methoxy groups -OCH3 is 1. The van der Waals surface area contributed by atoms with E-state index in [-0.39, 0.29) is 17.8 Å². The fourth-order valence-electron chi connectivity index (χ4n) is 5.73. The number of halogens is 1. The Labute approximate surface area is 254 Å². The van der Waals surface area contributed by atoms with Gasteiger partial charge >= 0.3 is 0 Å². The lowest BCUT2D eigenvalue weighted by molar-refractivity contribution is -0.384. The molecular formula is C31H30ClN5O4S. The number of nitro groups is 1. The molecule has 4 heterocycles. The molecule has 216 valence electrons. The van der Waals surface area contributed by atoms with Gasteiger partial charge in [0.05, 0.1) is 46.1 Å². The fourth-order valence-corrected chi connectivity index (χ4v) is 6.37. The highest BCUT2D eigenvalue weighted by atomic mass is 35.5. The molecule has 2 aliphatic rings. The number of aromatic nitrogens is 1. The van der Waals surface area contributed by atoms with Crippen LogP contribution in [0, 0.1) is 16.0 Å². The number of piperidine rings is 1. The minimum Gasteiger partial charge on any atom is -0.496 e. The molecule has 6 rings (SSSR count). The SMILES string of the molecule is COc1cc([N+](=O)[O-])ccc1-c1ccc([C@H]2[C@H](c3ccccn3)NC(=S)N2c2ccc(N3CCC(C)CC3)c(Cl)c2)o1. The first-order chi connectivity index (χ1) is 20.3. The zero-order valence-electron chi connectivity index (χ0n) is 23.2. The predicted molar refractivity (Wildman–Crippen MR) is 167 cm³/mol. The summed E-state index contributed by atoms with van der Waals surface area (Å²) >= 11 is 12.8. The van der Waals surface area contributed by atoms with Crippen molar-refractivity contribution >= 4 is 46.0 Å². The molecule has 42 heavy (non-hydrogen) atoms. The molecule has 2 aromatic heterocycles. The van der Waals surface area contributed by atoms with Gasteiger partial charge in [0.1, 0.15) is 23.3 Å². The largest absolute Gasteiger partial charge is 0.496 e. The van der Waals surface area contributed by atoms with Gasteiger partial charge in [0.2, 0.25) is 0 Å². The third-order valence-corrected chi connectivity index (χ3v) is 8.63. The topological polar surface area (TPSA) is 96.9 Å². The third-order valence-electron chi connectivity index (χ3n) is 8.01. The predicted octanol–water partition coefficient (Wildman–Crippen LogP) is 7.33. The van der Waals surface area contributed by atoms with Crippen LogP contribution in [0.2, 0.25) is 5.02 Å². The van der Waals surface area contributed by atoms with Crippen LogP contribution >= 0.6 is 23.8 Å². The number of hydrogen-bond acceptors (Lipinski definition) is 7. The number of hydrogen-bond donors (Lipinski definition) is 1. The maximum Gasteiger partial charge on any atom is 0.273 e. The lowest BCUT2D eigenvalue weighted by atomic mass is 9.98. The molecule has 2 fully saturated rings. The van der Waals surface area contributed by atoms with Crippen molar-refractivity contribution < 1.29 is 14.1 Å². The normalized spacial score (nSPS) is 19.2. The molecule has 0 amide bonds. The van der Waals surface area contributed by atoms with Crippen molar-refractivity contribution in [3.05, 3.63) is 99.5 Å². The summed E-state index contributed by atoms with van der Waals surface area (Å²) in [6.07, 6.45) is 4.04. The molecule has 2 atom stereocenters. The summed E-state index contributed by atoms with van der Waals surface area (Å²) < 4.78 is 11.9. The van der Waals surface area contributed by atoms with E-state index in [1.54, 1.807) is 12.3 Å². The Balaban J connectivity index is 1.39. The summed E-state index contributed by atoms with van der Waals surface area (Å²) in [6.45, 7) is 4.25. The van der Waals surface area contributed by atoms with Gasteiger partial charge < -0.3 is 24.3 Å². The number of non-ortho nitro benzene ring substituents is 1. The first kappa shape index (κ1) is 28.0. The number of nitrogens with one attached hydrogen (secondary N) is 1. The standard InChI is InChI=1S/C31H30ClN5O4S/c1-19-12-15-35(16-13-19)25-9-7-20(17-23(25)32)36-30(29(34-31(36)42)24-5-3-4-14-33-24)27-11-10-26(41-27)22-8-6-21(37(38)39)18-28(22)40-2/h3-11,14,17-19,29-30H,12-13,15-16H2,1-2H3,(H,34,42)/t29-,30-/m0/s1. The van der Waals surface area contributed by atoms with Gasteiger partial charge in [-0.05, 0) is 79.5 Å². The van der Waals surface area contributed by atoms with Gasteiger partial charge in [0, 0.05) is 31.0 Å². The van der Waals surface area contributed by atoms with Crippen LogP contribution in [0.1, 0.15) is 43.3 Å². The van der Waals surface area contributed by atoms with Crippen molar-refractivity contribution in [1.29, 1.82) is 0 Å². The smallest absolute Gasteiger partial charge is 0.273 e. The van der Waals surface area contributed by atoms with Gasteiger partial charge in [-0.1, -0.05) is 24.6 Å². The lowest BCUT2D eigenvalue weighted by Crippen LogP contribution is -2.33. The minimum atomic E-state index is -0.456. The average molecular weight is 604 g/mol. The van der Waals surface area contributed by atoms with Gasteiger partial charge in [-0.25, -0.2) is 0 Å². The van der Waals surface area contributed by atoms with Crippen LogP contribution in [-0.2, 0) is 0 Å². The summed E-state index contributed by atoms with van der Waals surface area (Å²) in [7, 11) is 1.47. The molecule has 0 spiro atoms. The summed E-state index contributed by atoms with van der Waals surface area (Å²) in [4.78, 5) is 19.8. The second-order valence-electron chi connectivity index (χ2n) is 10.6. The molecule has 0 bridgehead atoms. The second-order valence-corrected chi connectivity index (χ2v) is 11.4. The summed E-state index contributed by atoms with van der Waals surface area (Å²) in [5.41, 5.74) is 3.21. The van der Waals surface area contributed by atoms with Crippen LogP contribution in [0.4, 0.5) is 17.1 Å².